The number of morpholine rings is 1. The molecule has 1 aliphatic rings. The molecule has 2 rings (SSSR count). The molecule has 0 aliphatic carbocycles. The second-order valence-corrected chi connectivity index (χ2v) is 6.62. The maximum absolute atomic E-state index is 5.93. The van der Waals surface area contributed by atoms with Crippen LogP contribution in [0.5, 0.6) is 5.75 Å². The molecule has 29 heavy (non-hydrogen) atoms. The molecule has 0 atom stereocenters. The summed E-state index contributed by atoms with van der Waals surface area (Å²) in [6.45, 7) is 13.2. The van der Waals surface area contributed by atoms with E-state index in [0.717, 1.165) is 82.8 Å². The molecule has 0 spiro atoms. The van der Waals surface area contributed by atoms with E-state index < -0.39 is 0 Å². The van der Waals surface area contributed by atoms with Crippen molar-refractivity contribution in [1.82, 2.24) is 15.5 Å². The van der Waals surface area contributed by atoms with Gasteiger partial charge in [-0.15, -0.1) is 24.0 Å². The lowest BCUT2D eigenvalue weighted by molar-refractivity contribution is 0.0322. The maximum Gasteiger partial charge on any atom is 0.191 e. The van der Waals surface area contributed by atoms with E-state index in [1.165, 1.54) is 0 Å². The molecule has 2 N–H and O–H groups in total. The van der Waals surface area contributed by atoms with Gasteiger partial charge >= 0.3 is 0 Å². The molecule has 0 bridgehead atoms. The molecule has 7 nitrogen and oxygen atoms in total. The van der Waals surface area contributed by atoms with Crippen molar-refractivity contribution in [1.29, 1.82) is 0 Å². The number of ether oxygens (including phenoxy) is 3. The van der Waals surface area contributed by atoms with E-state index in [0.29, 0.717) is 13.2 Å². The molecule has 0 radical (unpaired) electrons. The summed E-state index contributed by atoms with van der Waals surface area (Å²) in [5, 5.41) is 6.63. The van der Waals surface area contributed by atoms with Crippen LogP contribution in [0.3, 0.4) is 0 Å². The first kappa shape index (κ1) is 25.9. The lowest BCUT2D eigenvalue weighted by Gasteiger charge is -2.26. The molecule has 1 aromatic rings. The zero-order valence-electron chi connectivity index (χ0n) is 17.8. The van der Waals surface area contributed by atoms with Gasteiger partial charge in [-0.05, 0) is 38.0 Å². The van der Waals surface area contributed by atoms with Gasteiger partial charge in [0.1, 0.15) is 12.4 Å². The predicted molar refractivity (Wildman–Crippen MR) is 129 cm³/mol. The molecule has 0 unspecified atom stereocenters. The fraction of sp³-hybridized carbons (Fsp3) is 0.667. The van der Waals surface area contributed by atoms with Gasteiger partial charge < -0.3 is 24.8 Å². The third kappa shape index (κ3) is 11.6. The van der Waals surface area contributed by atoms with Crippen LogP contribution in [-0.2, 0) is 16.0 Å². The number of hydrogen-bond acceptors (Lipinski definition) is 5. The van der Waals surface area contributed by atoms with E-state index >= 15 is 0 Å². The van der Waals surface area contributed by atoms with Crippen LogP contribution in [0.1, 0.15) is 25.8 Å². The van der Waals surface area contributed by atoms with Crippen LogP contribution in [0.4, 0.5) is 0 Å². The van der Waals surface area contributed by atoms with E-state index in [2.05, 4.69) is 39.6 Å². The lowest BCUT2D eigenvalue weighted by Crippen LogP contribution is -2.38. The SMILES string of the molecule is CCNC(=NCc1cccc(OCCN2CCOCC2)c1)NCCCOCC.I. The van der Waals surface area contributed by atoms with Gasteiger partial charge in [-0.25, -0.2) is 4.99 Å². The van der Waals surface area contributed by atoms with Crippen molar-refractivity contribution >= 4 is 29.9 Å². The molecule has 166 valence electrons. The third-order valence-corrected chi connectivity index (χ3v) is 4.40. The molecule has 1 aromatic carbocycles. The van der Waals surface area contributed by atoms with Crippen LogP contribution in [0, 0.1) is 0 Å². The topological polar surface area (TPSA) is 67.4 Å². The summed E-state index contributed by atoms with van der Waals surface area (Å²) in [6, 6.07) is 8.18. The summed E-state index contributed by atoms with van der Waals surface area (Å²) in [4.78, 5) is 7.04. The highest BCUT2D eigenvalue weighted by atomic mass is 127. The van der Waals surface area contributed by atoms with Crippen molar-refractivity contribution in [2.75, 3.05) is 65.8 Å². The summed E-state index contributed by atoms with van der Waals surface area (Å²) in [5.74, 6) is 1.73. The minimum Gasteiger partial charge on any atom is -0.492 e. The number of hydrogen-bond donors (Lipinski definition) is 2. The molecule has 8 heteroatoms. The van der Waals surface area contributed by atoms with Crippen molar-refractivity contribution in [3.8, 4) is 5.75 Å². The van der Waals surface area contributed by atoms with Crippen molar-refractivity contribution in [3.63, 3.8) is 0 Å². The number of guanidine groups is 1. The Morgan fingerprint density at radius 3 is 2.76 bits per heavy atom. The third-order valence-electron chi connectivity index (χ3n) is 4.40. The number of benzene rings is 1. The van der Waals surface area contributed by atoms with Gasteiger partial charge in [0.05, 0.1) is 19.8 Å². The summed E-state index contributed by atoms with van der Waals surface area (Å²) < 4.78 is 16.7. The Bertz CT molecular complexity index is 569. The van der Waals surface area contributed by atoms with Crippen LogP contribution in [0.25, 0.3) is 0 Å². The van der Waals surface area contributed by atoms with E-state index in [9.17, 15) is 0 Å². The standard InChI is InChI=1S/C21H36N4O3.HI/c1-3-22-21(23-9-6-13-26-4-2)24-18-19-7-5-8-20(17-19)28-16-12-25-10-14-27-15-11-25;/h5,7-8,17H,3-4,6,9-16,18H2,1-2H3,(H2,22,23,24);1H. The minimum atomic E-state index is 0. The van der Waals surface area contributed by atoms with Crippen LogP contribution in [-0.4, -0.2) is 76.6 Å². The number of aliphatic imine (C=N–C) groups is 1. The maximum atomic E-state index is 5.93. The number of nitrogens with one attached hydrogen (secondary N) is 2. The largest absolute Gasteiger partial charge is 0.492 e. The zero-order valence-corrected chi connectivity index (χ0v) is 20.2. The van der Waals surface area contributed by atoms with E-state index in [1.54, 1.807) is 0 Å². The van der Waals surface area contributed by atoms with Crippen LogP contribution in [0.15, 0.2) is 29.3 Å². The molecular formula is C21H37IN4O3. The summed E-state index contributed by atoms with van der Waals surface area (Å²) in [6.07, 6.45) is 0.963. The van der Waals surface area contributed by atoms with E-state index in [1.807, 2.05) is 19.1 Å². The number of rotatable bonds is 12. The van der Waals surface area contributed by atoms with Gasteiger partial charge in [-0.1, -0.05) is 12.1 Å². The van der Waals surface area contributed by atoms with Crippen LogP contribution < -0.4 is 15.4 Å². The molecule has 1 heterocycles. The Balaban J connectivity index is 0.00000420. The van der Waals surface area contributed by atoms with Gasteiger partial charge in [0.15, 0.2) is 5.96 Å². The summed E-state index contributed by atoms with van der Waals surface area (Å²) in [5.41, 5.74) is 1.13. The number of halogens is 1. The Kier molecular flexibility index (Phi) is 14.9. The highest BCUT2D eigenvalue weighted by Crippen LogP contribution is 2.14. The van der Waals surface area contributed by atoms with Crippen molar-refractivity contribution in [3.05, 3.63) is 29.8 Å². The fourth-order valence-electron chi connectivity index (χ4n) is 2.89. The molecule has 1 aliphatic heterocycles. The minimum absolute atomic E-state index is 0. The molecule has 0 amide bonds. The molecular weight excluding hydrogens is 483 g/mol. The van der Waals surface area contributed by atoms with Gasteiger partial charge in [-0.2, -0.15) is 0 Å². The normalized spacial score (nSPS) is 14.9. The van der Waals surface area contributed by atoms with E-state index in [-0.39, 0.29) is 24.0 Å². The summed E-state index contributed by atoms with van der Waals surface area (Å²) in [7, 11) is 0. The fourth-order valence-corrected chi connectivity index (χ4v) is 2.89. The first-order valence-corrected chi connectivity index (χ1v) is 10.4. The molecule has 0 aromatic heterocycles. The Labute approximate surface area is 192 Å². The monoisotopic (exact) mass is 520 g/mol. The molecule has 0 saturated carbocycles. The highest BCUT2D eigenvalue weighted by molar-refractivity contribution is 14.0. The van der Waals surface area contributed by atoms with Crippen LogP contribution >= 0.6 is 24.0 Å². The summed E-state index contributed by atoms with van der Waals surface area (Å²) >= 11 is 0. The average molecular weight is 520 g/mol. The lowest BCUT2D eigenvalue weighted by atomic mass is 10.2. The van der Waals surface area contributed by atoms with Crippen molar-refractivity contribution in [2.24, 2.45) is 4.99 Å². The first-order chi connectivity index (χ1) is 13.8. The second kappa shape index (κ2) is 16.7. The quantitative estimate of drug-likeness (QED) is 0.191. The Morgan fingerprint density at radius 1 is 1.17 bits per heavy atom. The Hall–Kier alpha value is -1.10. The van der Waals surface area contributed by atoms with Crippen LogP contribution in [0.2, 0.25) is 0 Å². The van der Waals surface area contributed by atoms with Gasteiger partial charge in [0.2, 0.25) is 0 Å². The highest BCUT2D eigenvalue weighted by Gasteiger charge is 2.09. The van der Waals surface area contributed by atoms with Gasteiger partial charge in [0.25, 0.3) is 0 Å². The smallest absolute Gasteiger partial charge is 0.191 e. The zero-order chi connectivity index (χ0) is 19.9. The van der Waals surface area contributed by atoms with E-state index in [4.69, 9.17) is 14.2 Å². The first-order valence-electron chi connectivity index (χ1n) is 10.4. The van der Waals surface area contributed by atoms with Gasteiger partial charge in [-0.3, -0.25) is 4.90 Å². The molecule has 1 saturated heterocycles. The average Bonchev–Trinajstić information content (AvgIpc) is 2.73. The van der Waals surface area contributed by atoms with Gasteiger partial charge in [0, 0.05) is 45.9 Å². The Morgan fingerprint density at radius 2 is 2.00 bits per heavy atom. The van der Waals surface area contributed by atoms with Crippen molar-refractivity contribution < 1.29 is 14.2 Å². The molecule has 1 fully saturated rings. The second-order valence-electron chi connectivity index (χ2n) is 6.62. The predicted octanol–water partition coefficient (Wildman–Crippen LogP) is 2.50. The van der Waals surface area contributed by atoms with Crippen molar-refractivity contribution in [2.45, 2.75) is 26.8 Å². The number of nitrogens with zero attached hydrogens (tertiary/aromatic N) is 2.